The van der Waals surface area contributed by atoms with Crippen molar-refractivity contribution in [2.45, 2.75) is 77.6 Å². The second kappa shape index (κ2) is 9.14. The van der Waals surface area contributed by atoms with Gasteiger partial charge < -0.3 is 14.2 Å². The maximum atomic E-state index is 11.9. The average molecular weight is 439 g/mol. The lowest BCUT2D eigenvalue weighted by Gasteiger charge is -2.31. The van der Waals surface area contributed by atoms with Crippen LogP contribution in [0.2, 0.25) is 0 Å². The van der Waals surface area contributed by atoms with Crippen LogP contribution in [0.1, 0.15) is 64.0 Å². The Bertz CT molecular complexity index is 855. The van der Waals surface area contributed by atoms with Crippen molar-refractivity contribution in [3.8, 4) is 5.75 Å². The normalized spacial score (nSPS) is 22.4. The smallest absolute Gasteiger partial charge is 0.407 e. The molecule has 1 aromatic carbocycles. The Morgan fingerprint density at radius 3 is 2.43 bits per heavy atom. The van der Waals surface area contributed by atoms with Crippen LogP contribution in [0, 0.1) is 5.92 Å². The van der Waals surface area contributed by atoms with Gasteiger partial charge in [0.2, 0.25) is 0 Å². The van der Waals surface area contributed by atoms with Gasteiger partial charge in [-0.3, -0.25) is 4.90 Å². The van der Waals surface area contributed by atoms with Crippen LogP contribution in [-0.2, 0) is 27.9 Å². The molecule has 0 saturated heterocycles. The lowest BCUT2D eigenvalue weighted by molar-refractivity contribution is 0.0486. The highest BCUT2D eigenvalue weighted by molar-refractivity contribution is 7.86. The van der Waals surface area contributed by atoms with Crippen LogP contribution >= 0.6 is 0 Å². The van der Waals surface area contributed by atoms with Gasteiger partial charge in [-0.05, 0) is 88.6 Å². The first-order chi connectivity index (χ1) is 14.0. The number of alkyl carbamates (subject to hydrolysis) is 1. The van der Waals surface area contributed by atoms with Gasteiger partial charge in [0.15, 0.2) is 0 Å². The Hall–Kier alpha value is -1.80. The van der Waals surface area contributed by atoms with E-state index in [1.807, 2.05) is 32.9 Å². The number of carbonyl (C=O) groups is 1. The number of amides is 1. The Balaban J connectivity index is 1.39. The van der Waals surface area contributed by atoms with Gasteiger partial charge in [-0.2, -0.15) is 8.42 Å². The van der Waals surface area contributed by atoms with Crippen molar-refractivity contribution in [2.24, 2.45) is 5.92 Å². The molecule has 1 amide bonds. The highest BCUT2D eigenvalue weighted by atomic mass is 32.2. The van der Waals surface area contributed by atoms with Crippen LogP contribution < -0.4 is 9.50 Å². The van der Waals surface area contributed by atoms with Crippen molar-refractivity contribution in [2.75, 3.05) is 12.8 Å². The predicted octanol–water partition coefficient (Wildman–Crippen LogP) is 3.81. The van der Waals surface area contributed by atoms with Gasteiger partial charge in [-0.1, -0.05) is 6.07 Å². The third-order valence-corrected chi connectivity index (χ3v) is 6.13. The van der Waals surface area contributed by atoms with Gasteiger partial charge in [0.1, 0.15) is 11.4 Å². The fourth-order valence-corrected chi connectivity index (χ4v) is 4.71. The second-order valence-corrected chi connectivity index (χ2v) is 11.2. The first-order valence-corrected chi connectivity index (χ1v) is 12.5. The maximum Gasteiger partial charge on any atom is 0.407 e. The van der Waals surface area contributed by atoms with Crippen molar-refractivity contribution >= 4 is 16.2 Å². The molecule has 1 aliphatic carbocycles. The molecule has 1 saturated carbocycles. The molecule has 0 bridgehead atoms. The predicted molar refractivity (Wildman–Crippen MR) is 116 cm³/mol. The molecule has 0 unspecified atom stereocenters. The minimum atomic E-state index is -3.50. The first-order valence-electron chi connectivity index (χ1n) is 10.7. The van der Waals surface area contributed by atoms with Gasteiger partial charge >= 0.3 is 16.2 Å². The number of rotatable bonds is 6. The van der Waals surface area contributed by atoms with Crippen LogP contribution in [0.3, 0.4) is 0 Å². The van der Waals surface area contributed by atoms with Crippen molar-refractivity contribution in [3.63, 3.8) is 0 Å². The molecule has 0 aromatic heterocycles. The van der Waals surface area contributed by atoms with Crippen molar-refractivity contribution in [1.82, 2.24) is 10.2 Å². The number of carbonyl (C=O) groups excluding carboxylic acids is 1. The van der Waals surface area contributed by atoms with Crippen LogP contribution in [0.5, 0.6) is 5.75 Å². The van der Waals surface area contributed by atoms with Crippen molar-refractivity contribution in [3.05, 3.63) is 29.3 Å². The van der Waals surface area contributed by atoms with Gasteiger partial charge in [0.25, 0.3) is 0 Å². The highest BCUT2D eigenvalue weighted by Crippen LogP contribution is 2.31. The Morgan fingerprint density at radius 2 is 1.80 bits per heavy atom. The molecule has 3 rings (SSSR count). The van der Waals surface area contributed by atoms with E-state index in [2.05, 4.69) is 10.2 Å². The van der Waals surface area contributed by atoms with Crippen LogP contribution in [0.15, 0.2) is 18.2 Å². The fourth-order valence-electron chi connectivity index (χ4n) is 4.26. The molecule has 0 atom stereocenters. The zero-order valence-electron chi connectivity index (χ0n) is 18.4. The molecular formula is C22H34N2O5S. The van der Waals surface area contributed by atoms with E-state index in [-0.39, 0.29) is 12.1 Å². The summed E-state index contributed by atoms with van der Waals surface area (Å²) in [5.74, 6) is 1.06. The molecule has 1 aromatic rings. The lowest BCUT2D eigenvalue weighted by Crippen LogP contribution is -2.41. The number of nitrogens with zero attached hydrogens (tertiary/aromatic N) is 1. The van der Waals surface area contributed by atoms with Crippen LogP contribution in [-0.4, -0.2) is 43.9 Å². The number of benzene rings is 1. The van der Waals surface area contributed by atoms with E-state index in [9.17, 15) is 13.2 Å². The topological polar surface area (TPSA) is 84.9 Å². The van der Waals surface area contributed by atoms with Gasteiger partial charge in [-0.15, -0.1) is 0 Å². The first kappa shape index (κ1) is 22.9. The summed E-state index contributed by atoms with van der Waals surface area (Å²) < 4.78 is 33.0. The second-order valence-electron chi connectivity index (χ2n) is 9.58. The summed E-state index contributed by atoms with van der Waals surface area (Å²) in [6.07, 6.45) is 6.11. The average Bonchev–Trinajstić information content (AvgIpc) is 3.00. The van der Waals surface area contributed by atoms with E-state index in [4.69, 9.17) is 8.92 Å². The van der Waals surface area contributed by atoms with E-state index in [1.54, 1.807) is 6.07 Å². The Labute approximate surface area is 180 Å². The molecule has 2 aliphatic rings. The molecule has 168 valence electrons. The molecule has 1 aliphatic heterocycles. The van der Waals surface area contributed by atoms with E-state index in [1.165, 1.54) is 5.56 Å². The zero-order valence-corrected chi connectivity index (χ0v) is 19.3. The summed E-state index contributed by atoms with van der Waals surface area (Å²) >= 11 is 0. The quantitative estimate of drug-likeness (QED) is 0.680. The molecular weight excluding hydrogens is 404 g/mol. The molecule has 1 heterocycles. The minimum absolute atomic E-state index is 0.209. The molecule has 0 radical (unpaired) electrons. The number of hydrogen-bond donors (Lipinski definition) is 1. The molecule has 30 heavy (non-hydrogen) atoms. The molecule has 0 spiro atoms. The van der Waals surface area contributed by atoms with Crippen molar-refractivity contribution in [1.29, 1.82) is 0 Å². The van der Waals surface area contributed by atoms with E-state index < -0.39 is 15.7 Å². The lowest BCUT2D eigenvalue weighted by atomic mass is 9.84. The van der Waals surface area contributed by atoms with Gasteiger partial charge in [-0.25, -0.2) is 4.79 Å². The third kappa shape index (κ3) is 7.16. The van der Waals surface area contributed by atoms with Gasteiger partial charge in [0, 0.05) is 19.1 Å². The Morgan fingerprint density at radius 1 is 1.13 bits per heavy atom. The summed E-state index contributed by atoms with van der Waals surface area (Å²) in [5.41, 5.74) is 1.91. The van der Waals surface area contributed by atoms with E-state index in [0.29, 0.717) is 11.7 Å². The molecule has 1 fully saturated rings. The fraction of sp³-hybridized carbons (Fsp3) is 0.682. The van der Waals surface area contributed by atoms with Crippen molar-refractivity contribution < 1.29 is 22.1 Å². The van der Waals surface area contributed by atoms with E-state index in [0.717, 1.165) is 63.6 Å². The summed E-state index contributed by atoms with van der Waals surface area (Å²) in [4.78, 5) is 14.3. The maximum absolute atomic E-state index is 11.9. The zero-order chi connectivity index (χ0) is 21.9. The van der Waals surface area contributed by atoms with Crippen LogP contribution in [0.4, 0.5) is 4.79 Å². The molecule has 1 N–H and O–H groups in total. The standard InChI is InChI=1S/C22H34N2O5S/c1-22(2,3)28-21(25)23-19-8-5-16(6-9-19)11-12-24-14-17-7-10-20(13-18(17)15-24)29-30(4,26)27/h7,10,13,16,19H,5-6,8-9,11-12,14-15H2,1-4H3,(H,23,25). The summed E-state index contributed by atoms with van der Waals surface area (Å²) in [6.45, 7) is 8.36. The largest absolute Gasteiger partial charge is 0.444 e. The summed E-state index contributed by atoms with van der Waals surface area (Å²) in [5, 5.41) is 3.00. The summed E-state index contributed by atoms with van der Waals surface area (Å²) in [7, 11) is -3.50. The van der Waals surface area contributed by atoms with Crippen LogP contribution in [0.25, 0.3) is 0 Å². The number of fused-ring (bicyclic) bond motifs is 1. The third-order valence-electron chi connectivity index (χ3n) is 5.63. The number of ether oxygens (including phenoxy) is 1. The summed E-state index contributed by atoms with van der Waals surface area (Å²) in [6, 6.07) is 5.73. The number of hydrogen-bond acceptors (Lipinski definition) is 6. The Kier molecular flexibility index (Phi) is 6.97. The monoisotopic (exact) mass is 438 g/mol. The van der Waals surface area contributed by atoms with Gasteiger partial charge in [0.05, 0.1) is 6.26 Å². The SMILES string of the molecule is CC(C)(C)OC(=O)NC1CCC(CCN2Cc3ccc(OS(C)(=O)=O)cc3C2)CC1. The minimum Gasteiger partial charge on any atom is -0.444 e. The number of nitrogens with one attached hydrogen (secondary N) is 1. The van der Waals surface area contributed by atoms with E-state index >= 15 is 0 Å². The molecule has 8 heteroatoms. The highest BCUT2D eigenvalue weighted by Gasteiger charge is 2.26. The molecule has 7 nitrogen and oxygen atoms in total.